The fourth-order valence-corrected chi connectivity index (χ4v) is 2.43. The number of methoxy groups -OCH3 is 1. The van der Waals surface area contributed by atoms with Gasteiger partial charge in [-0.15, -0.1) is 0 Å². The van der Waals surface area contributed by atoms with Gasteiger partial charge in [0.25, 0.3) is 5.91 Å². The zero-order valence-electron chi connectivity index (χ0n) is 14.4. The Bertz CT molecular complexity index is 924. The first-order valence-corrected chi connectivity index (χ1v) is 8.05. The SMILES string of the molecule is COc1cccc(/C=C(\C#N)C(=O)Nc2cccc(Cl)c2C)c1OC(F)F. The summed E-state index contributed by atoms with van der Waals surface area (Å²) < 4.78 is 34.9. The van der Waals surface area contributed by atoms with Crippen LogP contribution in [0.15, 0.2) is 42.0 Å². The molecule has 2 aromatic carbocycles. The summed E-state index contributed by atoms with van der Waals surface area (Å²) in [6.45, 7) is -1.38. The molecule has 0 atom stereocenters. The zero-order chi connectivity index (χ0) is 20.0. The molecule has 140 valence electrons. The topological polar surface area (TPSA) is 71.3 Å². The van der Waals surface area contributed by atoms with Crippen LogP contribution >= 0.6 is 11.6 Å². The number of hydrogen-bond donors (Lipinski definition) is 1. The van der Waals surface area contributed by atoms with Gasteiger partial charge >= 0.3 is 6.61 Å². The number of halogens is 3. The Kier molecular flexibility index (Phi) is 6.74. The van der Waals surface area contributed by atoms with Gasteiger partial charge in [0.05, 0.1) is 7.11 Å². The molecule has 1 amide bonds. The van der Waals surface area contributed by atoms with Gasteiger partial charge in [0.2, 0.25) is 0 Å². The van der Waals surface area contributed by atoms with Crippen molar-refractivity contribution < 1.29 is 23.0 Å². The van der Waals surface area contributed by atoms with Gasteiger partial charge in [-0.1, -0.05) is 29.8 Å². The lowest BCUT2D eigenvalue weighted by molar-refractivity contribution is -0.112. The average molecular weight is 393 g/mol. The number of para-hydroxylation sites is 1. The smallest absolute Gasteiger partial charge is 0.387 e. The summed E-state index contributed by atoms with van der Waals surface area (Å²) in [5, 5.41) is 12.4. The standard InChI is InChI=1S/C19H15ClF2N2O3/c1-11-14(20)6-4-7-15(11)24-18(25)13(10-23)9-12-5-3-8-16(26-2)17(12)27-19(21)22/h3-9,19H,1-2H3,(H,24,25)/b13-9+. The third-order valence-electron chi connectivity index (χ3n) is 3.62. The van der Waals surface area contributed by atoms with Crippen molar-refractivity contribution in [2.45, 2.75) is 13.5 Å². The van der Waals surface area contributed by atoms with E-state index in [9.17, 15) is 18.8 Å². The molecule has 0 heterocycles. The Balaban J connectivity index is 2.39. The molecule has 27 heavy (non-hydrogen) atoms. The molecule has 0 radical (unpaired) electrons. The summed E-state index contributed by atoms with van der Waals surface area (Å²) in [4.78, 5) is 12.4. The van der Waals surface area contributed by atoms with Crippen LogP contribution in [0.3, 0.4) is 0 Å². The molecule has 0 aromatic heterocycles. The van der Waals surface area contributed by atoms with Gasteiger partial charge < -0.3 is 14.8 Å². The zero-order valence-corrected chi connectivity index (χ0v) is 15.2. The van der Waals surface area contributed by atoms with E-state index in [0.29, 0.717) is 16.3 Å². The number of anilines is 1. The van der Waals surface area contributed by atoms with Gasteiger partial charge in [-0.2, -0.15) is 14.0 Å². The summed E-state index contributed by atoms with van der Waals surface area (Å²) >= 11 is 6.01. The number of nitrogens with one attached hydrogen (secondary N) is 1. The maximum atomic E-state index is 12.7. The summed E-state index contributed by atoms with van der Waals surface area (Å²) in [5.74, 6) is -0.935. The highest BCUT2D eigenvalue weighted by molar-refractivity contribution is 6.31. The van der Waals surface area contributed by atoms with E-state index < -0.39 is 12.5 Å². The fraction of sp³-hybridized carbons (Fsp3) is 0.158. The molecule has 0 bridgehead atoms. The van der Waals surface area contributed by atoms with Gasteiger partial charge in [0.15, 0.2) is 11.5 Å². The Morgan fingerprint density at radius 1 is 1.30 bits per heavy atom. The first kappa shape index (κ1) is 20.2. The second-order valence-corrected chi connectivity index (χ2v) is 5.70. The van der Waals surface area contributed by atoms with E-state index >= 15 is 0 Å². The molecular weight excluding hydrogens is 378 g/mol. The third kappa shape index (κ3) is 4.96. The van der Waals surface area contributed by atoms with Gasteiger partial charge in [-0.05, 0) is 36.8 Å². The molecule has 0 aliphatic rings. The number of carbonyl (C=O) groups excluding carboxylic acids is 1. The molecule has 1 N–H and O–H groups in total. The minimum absolute atomic E-state index is 0.0485. The van der Waals surface area contributed by atoms with Crippen molar-refractivity contribution in [2.75, 3.05) is 12.4 Å². The normalized spacial score (nSPS) is 11.1. The van der Waals surface area contributed by atoms with Gasteiger partial charge in [0.1, 0.15) is 11.6 Å². The quantitative estimate of drug-likeness (QED) is 0.566. The molecule has 2 rings (SSSR count). The van der Waals surface area contributed by atoms with Crippen LogP contribution in [-0.4, -0.2) is 19.6 Å². The van der Waals surface area contributed by atoms with Crippen LogP contribution in [0.25, 0.3) is 6.08 Å². The third-order valence-corrected chi connectivity index (χ3v) is 4.03. The van der Waals surface area contributed by atoms with E-state index in [1.807, 2.05) is 0 Å². The van der Waals surface area contributed by atoms with Crippen molar-refractivity contribution in [3.8, 4) is 17.6 Å². The summed E-state index contributed by atoms with van der Waals surface area (Å²) in [5.41, 5.74) is 0.863. The van der Waals surface area contributed by atoms with Crippen molar-refractivity contribution >= 4 is 29.3 Å². The molecule has 0 saturated carbocycles. The number of rotatable bonds is 6. The van der Waals surface area contributed by atoms with Crippen LogP contribution in [0.2, 0.25) is 5.02 Å². The molecule has 0 fully saturated rings. The highest BCUT2D eigenvalue weighted by Gasteiger charge is 2.17. The average Bonchev–Trinajstić information content (AvgIpc) is 2.63. The van der Waals surface area contributed by atoms with Crippen LogP contribution in [0.4, 0.5) is 14.5 Å². The number of amides is 1. The Labute approximate surface area is 159 Å². The molecule has 8 heteroatoms. The van der Waals surface area contributed by atoms with Crippen LogP contribution in [0.5, 0.6) is 11.5 Å². The number of alkyl halides is 2. The maximum Gasteiger partial charge on any atom is 0.387 e. The van der Waals surface area contributed by atoms with Gasteiger partial charge in [0, 0.05) is 16.3 Å². The van der Waals surface area contributed by atoms with E-state index in [1.54, 1.807) is 31.2 Å². The number of carbonyl (C=O) groups is 1. The van der Waals surface area contributed by atoms with Crippen LogP contribution in [0.1, 0.15) is 11.1 Å². The lowest BCUT2D eigenvalue weighted by atomic mass is 10.1. The summed E-state index contributed by atoms with van der Waals surface area (Å²) in [7, 11) is 1.29. The molecule has 0 aliphatic heterocycles. The molecule has 2 aromatic rings. The van der Waals surface area contributed by atoms with E-state index in [4.69, 9.17) is 16.3 Å². The van der Waals surface area contributed by atoms with Crippen molar-refractivity contribution in [3.05, 3.63) is 58.1 Å². The molecule has 0 unspecified atom stereocenters. The van der Waals surface area contributed by atoms with Gasteiger partial charge in [-0.25, -0.2) is 0 Å². The van der Waals surface area contributed by atoms with E-state index in [0.717, 1.165) is 6.08 Å². The molecule has 0 aliphatic carbocycles. The van der Waals surface area contributed by atoms with Crippen molar-refractivity contribution in [2.24, 2.45) is 0 Å². The van der Waals surface area contributed by atoms with E-state index in [1.165, 1.54) is 25.3 Å². The first-order chi connectivity index (χ1) is 12.9. The number of nitrogens with zero attached hydrogens (tertiary/aromatic N) is 1. The lowest BCUT2D eigenvalue weighted by Crippen LogP contribution is -2.14. The van der Waals surface area contributed by atoms with Crippen molar-refractivity contribution in [1.82, 2.24) is 0 Å². The summed E-state index contributed by atoms with van der Waals surface area (Å²) in [6.07, 6.45) is 1.15. The molecular formula is C19H15ClF2N2O3. The minimum atomic E-state index is -3.10. The predicted octanol–water partition coefficient (Wildman–Crippen LogP) is 4.80. The maximum absolute atomic E-state index is 12.7. The highest BCUT2D eigenvalue weighted by Crippen LogP contribution is 2.34. The van der Waals surface area contributed by atoms with E-state index in [-0.39, 0.29) is 22.6 Å². The highest BCUT2D eigenvalue weighted by atomic mass is 35.5. The molecule has 5 nitrogen and oxygen atoms in total. The number of ether oxygens (including phenoxy) is 2. The number of benzene rings is 2. The summed E-state index contributed by atoms with van der Waals surface area (Å²) in [6, 6.07) is 11.1. The molecule has 0 saturated heterocycles. The van der Waals surface area contributed by atoms with Crippen LogP contribution in [0, 0.1) is 18.3 Å². The Hall–Kier alpha value is -3.11. The minimum Gasteiger partial charge on any atom is -0.493 e. The first-order valence-electron chi connectivity index (χ1n) is 7.67. The van der Waals surface area contributed by atoms with Crippen LogP contribution in [-0.2, 0) is 4.79 Å². The van der Waals surface area contributed by atoms with Crippen LogP contribution < -0.4 is 14.8 Å². The monoisotopic (exact) mass is 392 g/mol. The van der Waals surface area contributed by atoms with Gasteiger partial charge in [-0.3, -0.25) is 4.79 Å². The second-order valence-electron chi connectivity index (χ2n) is 5.29. The second kappa shape index (κ2) is 9.01. The largest absolute Gasteiger partial charge is 0.493 e. The molecule has 0 spiro atoms. The number of hydrogen-bond acceptors (Lipinski definition) is 4. The van der Waals surface area contributed by atoms with Crippen molar-refractivity contribution in [1.29, 1.82) is 5.26 Å². The Morgan fingerprint density at radius 3 is 2.63 bits per heavy atom. The lowest BCUT2D eigenvalue weighted by Gasteiger charge is -2.13. The van der Waals surface area contributed by atoms with Crippen molar-refractivity contribution in [3.63, 3.8) is 0 Å². The Morgan fingerprint density at radius 2 is 2.00 bits per heavy atom. The fourth-order valence-electron chi connectivity index (χ4n) is 2.26. The number of nitriles is 1. The van der Waals surface area contributed by atoms with E-state index in [2.05, 4.69) is 10.1 Å². The predicted molar refractivity (Wildman–Crippen MR) is 98.0 cm³/mol.